The largest absolute Gasteiger partial charge is 0.396 e. The molecule has 1 aliphatic heterocycles. The Balaban J connectivity index is 1.72. The van der Waals surface area contributed by atoms with Crippen molar-refractivity contribution in [3.8, 4) is 0 Å². The minimum absolute atomic E-state index is 0.0296. The van der Waals surface area contributed by atoms with Gasteiger partial charge in [-0.3, -0.25) is 14.0 Å². The number of rotatable bonds is 5. The number of benzene rings is 1. The van der Waals surface area contributed by atoms with Gasteiger partial charge in [0.2, 0.25) is 11.4 Å². The lowest BCUT2D eigenvalue weighted by Crippen LogP contribution is -2.32. The lowest BCUT2D eigenvalue weighted by molar-refractivity contribution is 0.0952. The monoisotopic (exact) mass is 466 g/mol. The van der Waals surface area contributed by atoms with Gasteiger partial charge >= 0.3 is 0 Å². The van der Waals surface area contributed by atoms with E-state index < -0.39 is 5.91 Å². The summed E-state index contributed by atoms with van der Waals surface area (Å²) in [4.78, 5) is 40.9. The van der Waals surface area contributed by atoms with Crippen LogP contribution in [0.15, 0.2) is 35.3 Å². The number of nitrogens with zero attached hydrogens (tertiary/aromatic N) is 5. The first kappa shape index (κ1) is 21.7. The van der Waals surface area contributed by atoms with Crippen LogP contribution in [0.3, 0.4) is 0 Å². The molecule has 0 spiro atoms. The van der Waals surface area contributed by atoms with Gasteiger partial charge in [-0.15, -0.1) is 11.3 Å². The Morgan fingerprint density at radius 1 is 1.21 bits per heavy atom. The van der Waals surface area contributed by atoms with E-state index in [1.807, 2.05) is 28.7 Å². The van der Waals surface area contributed by atoms with Crippen molar-refractivity contribution in [3.63, 3.8) is 0 Å². The Hall–Kier alpha value is -3.08. The third-order valence-electron chi connectivity index (χ3n) is 6.02. The maximum absolute atomic E-state index is 13.5. The van der Waals surface area contributed by atoms with Crippen molar-refractivity contribution < 1.29 is 9.90 Å². The van der Waals surface area contributed by atoms with E-state index in [-0.39, 0.29) is 17.6 Å². The second kappa shape index (κ2) is 9.05. The van der Waals surface area contributed by atoms with Crippen LogP contribution in [0, 0.1) is 0 Å². The van der Waals surface area contributed by atoms with Crippen LogP contribution in [0.1, 0.15) is 23.2 Å². The molecular weight excluding hydrogens is 440 g/mol. The van der Waals surface area contributed by atoms with Crippen LogP contribution in [0.4, 0.5) is 5.95 Å². The van der Waals surface area contributed by atoms with Crippen LogP contribution in [0.25, 0.3) is 26.1 Å². The van der Waals surface area contributed by atoms with Crippen molar-refractivity contribution in [3.05, 3.63) is 46.2 Å². The molecule has 0 aliphatic carbocycles. The van der Waals surface area contributed by atoms with Crippen LogP contribution < -0.4 is 15.6 Å². The zero-order valence-corrected chi connectivity index (χ0v) is 19.3. The summed E-state index contributed by atoms with van der Waals surface area (Å²) in [5.74, 6) is 0.153. The van der Waals surface area contributed by atoms with Gasteiger partial charge in [0.05, 0.1) is 15.6 Å². The summed E-state index contributed by atoms with van der Waals surface area (Å²) in [6, 6.07) is 7.82. The first-order chi connectivity index (χ1) is 16.1. The third-order valence-corrected chi connectivity index (χ3v) is 7.16. The minimum Gasteiger partial charge on any atom is -0.396 e. The molecule has 3 aromatic heterocycles. The molecule has 9 nitrogen and oxygen atoms in total. The summed E-state index contributed by atoms with van der Waals surface area (Å²) in [5.41, 5.74) is 1.13. The van der Waals surface area contributed by atoms with Gasteiger partial charge in [-0.1, -0.05) is 12.1 Å². The average Bonchev–Trinajstić information content (AvgIpc) is 3.06. The van der Waals surface area contributed by atoms with Crippen LogP contribution in [-0.4, -0.2) is 76.7 Å². The van der Waals surface area contributed by atoms with E-state index >= 15 is 0 Å². The van der Waals surface area contributed by atoms with E-state index in [1.54, 1.807) is 6.20 Å². The number of anilines is 1. The highest BCUT2D eigenvalue weighted by atomic mass is 32.1. The Kier molecular flexibility index (Phi) is 5.96. The van der Waals surface area contributed by atoms with Gasteiger partial charge < -0.3 is 20.2 Å². The highest BCUT2D eigenvalue weighted by Gasteiger charge is 2.24. The molecule has 1 amide bonds. The number of carbonyl (C=O) groups is 1. The van der Waals surface area contributed by atoms with Crippen molar-refractivity contribution in [2.75, 3.05) is 51.3 Å². The standard InChI is InChI=1S/C23H26N6O3S/c1-27-9-5-10-28(12-11-27)23-25-14-15-19(31)18(21(32)24-8-4-13-30)22-29(20(15)26-23)16-6-2-3-7-17(16)33-22/h2-3,6-7,14,30H,4-5,8-13H2,1H3,(H,24,32). The number of aliphatic hydroxyl groups excluding tert-OH is 1. The SMILES string of the molecule is CN1CCCN(c2ncc3c(=O)c(C(=O)NCCCO)c4sc5ccccc5n4c3n2)CC1. The zero-order valence-electron chi connectivity index (χ0n) is 18.5. The van der Waals surface area contributed by atoms with Crippen molar-refractivity contribution in [1.29, 1.82) is 0 Å². The number of hydrogen-bond donors (Lipinski definition) is 2. The Labute approximate surface area is 194 Å². The van der Waals surface area contributed by atoms with Crippen molar-refractivity contribution in [1.82, 2.24) is 24.6 Å². The molecule has 0 atom stereocenters. The molecule has 0 bridgehead atoms. The molecular formula is C23H26N6O3S. The fourth-order valence-corrected chi connectivity index (χ4v) is 5.44. The first-order valence-corrected chi connectivity index (χ1v) is 12.0. The summed E-state index contributed by atoms with van der Waals surface area (Å²) < 4.78 is 2.87. The molecule has 4 heterocycles. The second-order valence-electron chi connectivity index (χ2n) is 8.30. The Morgan fingerprint density at radius 3 is 2.91 bits per heavy atom. The number of fused-ring (bicyclic) bond motifs is 5. The Bertz CT molecular complexity index is 1400. The molecule has 1 saturated heterocycles. The molecule has 172 valence electrons. The Morgan fingerprint density at radius 2 is 2.06 bits per heavy atom. The molecule has 0 unspecified atom stereocenters. The number of para-hydroxylation sites is 1. The molecule has 0 radical (unpaired) electrons. The summed E-state index contributed by atoms with van der Waals surface area (Å²) in [5, 5.41) is 12.1. The number of nitrogens with one attached hydrogen (secondary N) is 1. The fourth-order valence-electron chi connectivity index (χ4n) is 4.26. The van der Waals surface area contributed by atoms with Crippen molar-refractivity contribution >= 4 is 49.3 Å². The van der Waals surface area contributed by atoms with E-state index in [9.17, 15) is 9.59 Å². The van der Waals surface area contributed by atoms with E-state index in [0.29, 0.717) is 34.8 Å². The number of pyridine rings is 1. The van der Waals surface area contributed by atoms with Gasteiger partial charge in [0.1, 0.15) is 10.4 Å². The van der Waals surface area contributed by atoms with E-state index in [0.717, 1.165) is 42.8 Å². The predicted molar refractivity (Wildman–Crippen MR) is 131 cm³/mol. The van der Waals surface area contributed by atoms with E-state index in [1.165, 1.54) is 11.3 Å². The number of likely N-dealkylation sites (N-methyl/N-ethyl adjacent to an activating group) is 1. The highest BCUT2D eigenvalue weighted by molar-refractivity contribution is 7.24. The van der Waals surface area contributed by atoms with E-state index in [2.05, 4.69) is 27.1 Å². The van der Waals surface area contributed by atoms with Crippen LogP contribution in [0.2, 0.25) is 0 Å². The molecule has 10 heteroatoms. The van der Waals surface area contributed by atoms with Gasteiger partial charge in [0, 0.05) is 39.0 Å². The number of amides is 1. The molecule has 1 fully saturated rings. The normalized spacial score (nSPS) is 15.4. The highest BCUT2D eigenvalue weighted by Crippen LogP contribution is 2.31. The summed E-state index contributed by atoms with van der Waals surface area (Å²) in [6.45, 7) is 3.88. The smallest absolute Gasteiger partial charge is 0.258 e. The molecule has 1 aromatic carbocycles. The van der Waals surface area contributed by atoms with Gasteiger partial charge in [0.25, 0.3) is 5.91 Å². The maximum atomic E-state index is 13.5. The first-order valence-electron chi connectivity index (χ1n) is 11.1. The fraction of sp³-hybridized carbons (Fsp3) is 0.391. The number of hydrogen-bond acceptors (Lipinski definition) is 8. The van der Waals surface area contributed by atoms with Gasteiger partial charge in [-0.2, -0.15) is 4.98 Å². The number of aliphatic hydroxyl groups is 1. The number of carbonyl (C=O) groups excluding carboxylic acids is 1. The summed E-state index contributed by atoms with van der Waals surface area (Å²) >= 11 is 1.40. The van der Waals surface area contributed by atoms with Crippen LogP contribution >= 0.6 is 11.3 Å². The molecule has 4 aromatic rings. The average molecular weight is 467 g/mol. The van der Waals surface area contributed by atoms with Crippen LogP contribution in [0.5, 0.6) is 0 Å². The van der Waals surface area contributed by atoms with Crippen molar-refractivity contribution in [2.24, 2.45) is 0 Å². The minimum atomic E-state index is -0.445. The van der Waals surface area contributed by atoms with Crippen LogP contribution in [-0.2, 0) is 0 Å². The lowest BCUT2D eigenvalue weighted by atomic mass is 10.2. The van der Waals surface area contributed by atoms with Gasteiger partial charge in [-0.25, -0.2) is 4.98 Å². The predicted octanol–water partition coefficient (Wildman–Crippen LogP) is 1.71. The zero-order chi connectivity index (χ0) is 22.9. The molecule has 1 aliphatic rings. The maximum Gasteiger partial charge on any atom is 0.258 e. The summed E-state index contributed by atoms with van der Waals surface area (Å²) in [6.07, 6.45) is 2.99. The van der Waals surface area contributed by atoms with E-state index in [4.69, 9.17) is 10.1 Å². The summed E-state index contributed by atoms with van der Waals surface area (Å²) in [7, 11) is 2.11. The van der Waals surface area contributed by atoms with Gasteiger partial charge in [-0.05, 0) is 38.6 Å². The second-order valence-corrected chi connectivity index (χ2v) is 9.33. The molecule has 5 rings (SSSR count). The van der Waals surface area contributed by atoms with Gasteiger partial charge in [0.15, 0.2) is 5.65 Å². The molecule has 2 N–H and O–H groups in total. The van der Waals surface area contributed by atoms with Crippen molar-refractivity contribution in [2.45, 2.75) is 12.8 Å². The lowest BCUT2D eigenvalue weighted by Gasteiger charge is -2.20. The number of aromatic nitrogens is 3. The molecule has 33 heavy (non-hydrogen) atoms. The molecule has 0 saturated carbocycles. The number of thiazole rings is 1. The topological polar surface area (TPSA) is 103 Å². The quantitative estimate of drug-likeness (QED) is 0.432. The third kappa shape index (κ3) is 3.94.